The Morgan fingerprint density at radius 3 is 2.93 bits per heavy atom. The van der Waals surface area contributed by atoms with Gasteiger partial charge < -0.3 is 9.84 Å². The van der Waals surface area contributed by atoms with Crippen LogP contribution in [0.1, 0.15) is 37.9 Å². The maximum atomic E-state index is 5.25. The number of aromatic nitrogens is 2. The van der Waals surface area contributed by atoms with E-state index >= 15 is 0 Å². The molecule has 1 aliphatic heterocycles. The molecule has 1 atom stereocenters. The number of nitrogens with zero attached hydrogens (tertiary/aromatic N) is 2. The summed E-state index contributed by atoms with van der Waals surface area (Å²) in [6.07, 6.45) is 1.98. The molecule has 78 valence electrons. The largest absolute Gasteiger partial charge is 0.339 e. The Labute approximate surface area is 84.1 Å². The lowest BCUT2D eigenvalue weighted by Gasteiger charge is -2.30. The maximum Gasteiger partial charge on any atom is 0.229 e. The Bertz CT molecular complexity index is 293. The summed E-state index contributed by atoms with van der Waals surface area (Å²) in [6, 6.07) is 0. The first-order chi connectivity index (χ1) is 6.81. The van der Waals surface area contributed by atoms with E-state index in [2.05, 4.69) is 29.3 Å². The van der Waals surface area contributed by atoms with E-state index in [-0.39, 0.29) is 0 Å². The molecule has 1 N–H and O–H groups in total. The quantitative estimate of drug-likeness (QED) is 0.787. The van der Waals surface area contributed by atoms with Crippen LogP contribution in [0.15, 0.2) is 4.52 Å². The highest BCUT2D eigenvalue weighted by Crippen LogP contribution is 2.25. The number of nitrogens with one attached hydrogen (secondary N) is 1. The minimum absolute atomic E-state index is 0.398. The van der Waals surface area contributed by atoms with E-state index in [1.165, 1.54) is 0 Å². The molecular formula is C10H17N3O. The summed E-state index contributed by atoms with van der Waals surface area (Å²) in [5.74, 6) is 2.72. The van der Waals surface area contributed by atoms with Crippen molar-refractivity contribution in [2.24, 2.45) is 5.92 Å². The molecule has 1 saturated heterocycles. The van der Waals surface area contributed by atoms with Gasteiger partial charge in [0.15, 0.2) is 5.82 Å². The molecule has 0 bridgehead atoms. The number of hydrogen-bond donors (Lipinski definition) is 1. The molecule has 1 aliphatic rings. The van der Waals surface area contributed by atoms with Gasteiger partial charge in [0.2, 0.25) is 5.89 Å². The first-order valence-electron chi connectivity index (χ1n) is 5.34. The average Bonchev–Trinajstić information content (AvgIpc) is 2.50. The summed E-state index contributed by atoms with van der Waals surface area (Å²) in [4.78, 5) is 4.40. The molecule has 1 aromatic rings. The molecule has 1 fully saturated rings. The lowest BCUT2D eigenvalue weighted by molar-refractivity contribution is 0.252. The van der Waals surface area contributed by atoms with Gasteiger partial charge in [-0.3, -0.25) is 0 Å². The van der Waals surface area contributed by atoms with Crippen molar-refractivity contribution < 1.29 is 4.52 Å². The normalized spacial score (nSPS) is 19.3. The standard InChI is InChI=1S/C10H17N3O/c1-3-4-9-12-10(14-13-9)7(2)8-5-11-6-8/h7-8,11H,3-6H2,1-2H3. The summed E-state index contributed by atoms with van der Waals surface area (Å²) >= 11 is 0. The van der Waals surface area contributed by atoms with Gasteiger partial charge in [0.25, 0.3) is 0 Å². The molecule has 2 rings (SSSR count). The van der Waals surface area contributed by atoms with Crippen molar-refractivity contribution in [3.8, 4) is 0 Å². The Morgan fingerprint density at radius 2 is 2.36 bits per heavy atom. The van der Waals surface area contributed by atoms with Crippen molar-refractivity contribution in [3.05, 3.63) is 11.7 Å². The molecular weight excluding hydrogens is 178 g/mol. The third kappa shape index (κ3) is 1.80. The molecule has 1 unspecified atom stereocenters. The summed E-state index contributed by atoms with van der Waals surface area (Å²) in [7, 11) is 0. The van der Waals surface area contributed by atoms with Gasteiger partial charge in [0.1, 0.15) is 0 Å². The minimum atomic E-state index is 0.398. The molecule has 0 saturated carbocycles. The maximum absolute atomic E-state index is 5.25. The van der Waals surface area contributed by atoms with Crippen molar-refractivity contribution in [1.29, 1.82) is 0 Å². The van der Waals surface area contributed by atoms with E-state index in [1.54, 1.807) is 0 Å². The third-order valence-corrected chi connectivity index (χ3v) is 2.87. The average molecular weight is 195 g/mol. The Balaban J connectivity index is 2.00. The zero-order valence-corrected chi connectivity index (χ0v) is 8.79. The van der Waals surface area contributed by atoms with Gasteiger partial charge in [-0.05, 0) is 25.4 Å². The smallest absolute Gasteiger partial charge is 0.229 e. The lowest BCUT2D eigenvalue weighted by Crippen LogP contribution is -2.44. The van der Waals surface area contributed by atoms with Crippen LogP contribution in [-0.2, 0) is 6.42 Å². The van der Waals surface area contributed by atoms with Gasteiger partial charge in [-0.15, -0.1) is 0 Å². The topological polar surface area (TPSA) is 51.0 Å². The number of rotatable bonds is 4. The molecule has 1 aromatic heterocycles. The van der Waals surface area contributed by atoms with Crippen LogP contribution >= 0.6 is 0 Å². The molecule has 4 heteroatoms. The highest BCUT2D eigenvalue weighted by molar-refractivity contribution is 4.98. The van der Waals surface area contributed by atoms with Gasteiger partial charge in [-0.2, -0.15) is 4.98 Å². The monoisotopic (exact) mass is 195 g/mol. The van der Waals surface area contributed by atoms with Gasteiger partial charge in [-0.25, -0.2) is 0 Å². The summed E-state index contributed by atoms with van der Waals surface area (Å²) in [5.41, 5.74) is 0. The fourth-order valence-electron chi connectivity index (χ4n) is 1.64. The molecule has 0 radical (unpaired) electrons. The van der Waals surface area contributed by atoms with E-state index in [1.807, 2.05) is 0 Å². The first-order valence-corrected chi connectivity index (χ1v) is 5.34. The molecule has 4 nitrogen and oxygen atoms in total. The Hall–Kier alpha value is -0.900. The zero-order chi connectivity index (χ0) is 9.97. The summed E-state index contributed by atoms with van der Waals surface area (Å²) in [5, 5.41) is 7.22. The van der Waals surface area contributed by atoms with Crippen LogP contribution in [0.2, 0.25) is 0 Å². The van der Waals surface area contributed by atoms with E-state index in [0.29, 0.717) is 11.8 Å². The van der Waals surface area contributed by atoms with E-state index in [0.717, 1.165) is 37.6 Å². The zero-order valence-electron chi connectivity index (χ0n) is 8.79. The van der Waals surface area contributed by atoms with Crippen molar-refractivity contribution in [3.63, 3.8) is 0 Å². The van der Waals surface area contributed by atoms with Crippen LogP contribution in [0.3, 0.4) is 0 Å². The number of hydrogen-bond acceptors (Lipinski definition) is 4. The van der Waals surface area contributed by atoms with Crippen molar-refractivity contribution in [2.75, 3.05) is 13.1 Å². The van der Waals surface area contributed by atoms with Crippen LogP contribution < -0.4 is 5.32 Å². The molecule has 14 heavy (non-hydrogen) atoms. The van der Waals surface area contributed by atoms with Crippen molar-refractivity contribution in [1.82, 2.24) is 15.5 Å². The minimum Gasteiger partial charge on any atom is -0.339 e. The van der Waals surface area contributed by atoms with Crippen LogP contribution in [0.4, 0.5) is 0 Å². The predicted molar refractivity (Wildman–Crippen MR) is 53.1 cm³/mol. The van der Waals surface area contributed by atoms with Gasteiger partial charge in [0.05, 0.1) is 0 Å². The highest BCUT2D eigenvalue weighted by Gasteiger charge is 2.28. The molecule has 0 aliphatic carbocycles. The summed E-state index contributed by atoms with van der Waals surface area (Å²) < 4.78 is 5.25. The Kier molecular flexibility index (Phi) is 2.82. The predicted octanol–water partition coefficient (Wildman–Crippen LogP) is 1.34. The first kappa shape index (κ1) is 9.65. The lowest BCUT2D eigenvalue weighted by atomic mass is 9.89. The fraction of sp³-hybridized carbons (Fsp3) is 0.800. The molecule has 0 aromatic carbocycles. The molecule has 0 spiro atoms. The SMILES string of the molecule is CCCc1noc(C(C)C2CNC2)n1. The van der Waals surface area contributed by atoms with Crippen LogP contribution in [0.5, 0.6) is 0 Å². The van der Waals surface area contributed by atoms with Crippen LogP contribution in [0, 0.1) is 5.92 Å². The molecule has 0 amide bonds. The number of aryl methyl sites for hydroxylation is 1. The second kappa shape index (κ2) is 4.09. The van der Waals surface area contributed by atoms with Crippen LogP contribution in [-0.4, -0.2) is 23.2 Å². The van der Waals surface area contributed by atoms with Crippen molar-refractivity contribution >= 4 is 0 Å². The van der Waals surface area contributed by atoms with E-state index < -0.39 is 0 Å². The Morgan fingerprint density at radius 1 is 1.57 bits per heavy atom. The van der Waals surface area contributed by atoms with Crippen molar-refractivity contribution in [2.45, 2.75) is 32.6 Å². The van der Waals surface area contributed by atoms with E-state index in [4.69, 9.17) is 4.52 Å². The summed E-state index contributed by atoms with van der Waals surface area (Å²) in [6.45, 7) is 6.43. The van der Waals surface area contributed by atoms with Crippen LogP contribution in [0.25, 0.3) is 0 Å². The van der Waals surface area contributed by atoms with Gasteiger partial charge in [-0.1, -0.05) is 19.0 Å². The highest BCUT2D eigenvalue weighted by atomic mass is 16.5. The fourth-order valence-corrected chi connectivity index (χ4v) is 1.64. The van der Waals surface area contributed by atoms with E-state index in [9.17, 15) is 0 Å². The van der Waals surface area contributed by atoms with Gasteiger partial charge >= 0.3 is 0 Å². The third-order valence-electron chi connectivity index (χ3n) is 2.87. The second-order valence-electron chi connectivity index (χ2n) is 4.01. The van der Waals surface area contributed by atoms with Gasteiger partial charge in [0, 0.05) is 12.3 Å². The second-order valence-corrected chi connectivity index (χ2v) is 4.01. The molecule has 2 heterocycles.